The van der Waals surface area contributed by atoms with Gasteiger partial charge in [0.15, 0.2) is 0 Å². The lowest BCUT2D eigenvalue weighted by Gasteiger charge is -2.20. The predicted octanol–water partition coefficient (Wildman–Crippen LogP) is 4.03. The first-order chi connectivity index (χ1) is 13.2. The zero-order valence-corrected chi connectivity index (χ0v) is 15.3. The standard InChI is InChI=1S/C17H15ClF4N4O2/c1-2-26(13-10-24-25-16(27)15(13)18)7-5-23-6-8-28-14-9-11(19)3-4-12(14)17(20,21)22/h3-6,8-10H,2,7H2,1H3,(H,25,27)/b8-6+,23-5?. The van der Waals surface area contributed by atoms with Gasteiger partial charge in [0.25, 0.3) is 5.56 Å². The minimum Gasteiger partial charge on any atom is -0.463 e. The summed E-state index contributed by atoms with van der Waals surface area (Å²) in [5.41, 5.74) is -1.22. The summed E-state index contributed by atoms with van der Waals surface area (Å²) in [4.78, 5) is 17.1. The maximum absolute atomic E-state index is 13.2. The fraction of sp³-hybridized carbons (Fsp3) is 0.235. The van der Waals surface area contributed by atoms with E-state index >= 15 is 0 Å². The second-order valence-corrected chi connectivity index (χ2v) is 5.69. The Kier molecular flexibility index (Phi) is 7.16. The van der Waals surface area contributed by atoms with Crippen molar-refractivity contribution in [1.82, 2.24) is 10.2 Å². The first kappa shape index (κ1) is 21.4. The molecule has 0 spiro atoms. The van der Waals surface area contributed by atoms with Crippen LogP contribution in [0.2, 0.25) is 5.02 Å². The van der Waals surface area contributed by atoms with Crippen LogP contribution in [-0.4, -0.2) is 29.5 Å². The number of halogens is 5. The van der Waals surface area contributed by atoms with Gasteiger partial charge in [0, 0.05) is 18.8 Å². The van der Waals surface area contributed by atoms with Crippen LogP contribution in [0.15, 0.2) is 46.6 Å². The molecule has 0 saturated carbocycles. The van der Waals surface area contributed by atoms with Gasteiger partial charge in [0.05, 0.1) is 30.2 Å². The number of H-pyrrole nitrogens is 1. The van der Waals surface area contributed by atoms with Crippen LogP contribution in [0.4, 0.5) is 23.2 Å². The lowest BCUT2D eigenvalue weighted by molar-refractivity contribution is -0.138. The highest BCUT2D eigenvalue weighted by Crippen LogP contribution is 2.36. The maximum Gasteiger partial charge on any atom is 0.419 e. The van der Waals surface area contributed by atoms with Gasteiger partial charge in [0.2, 0.25) is 0 Å². The van der Waals surface area contributed by atoms with Gasteiger partial charge in [-0.3, -0.25) is 9.79 Å². The number of benzene rings is 1. The molecule has 0 aliphatic rings. The molecule has 0 amide bonds. The normalized spacial score (nSPS) is 12.1. The van der Waals surface area contributed by atoms with E-state index in [-0.39, 0.29) is 11.6 Å². The van der Waals surface area contributed by atoms with E-state index in [1.807, 2.05) is 6.92 Å². The van der Waals surface area contributed by atoms with E-state index in [0.717, 1.165) is 12.5 Å². The van der Waals surface area contributed by atoms with Gasteiger partial charge in [-0.05, 0) is 19.1 Å². The molecule has 1 heterocycles. The molecular formula is C17H15ClF4N4O2. The summed E-state index contributed by atoms with van der Waals surface area (Å²) in [6.07, 6.45) is 0.150. The molecule has 1 aromatic heterocycles. The minimum atomic E-state index is -4.68. The molecule has 0 saturated heterocycles. The first-order valence-corrected chi connectivity index (χ1v) is 8.30. The lowest BCUT2D eigenvalue weighted by Crippen LogP contribution is -2.27. The van der Waals surface area contributed by atoms with E-state index in [1.54, 1.807) is 4.90 Å². The molecule has 0 unspecified atom stereocenters. The molecule has 0 fully saturated rings. The quantitative estimate of drug-likeness (QED) is 0.419. The van der Waals surface area contributed by atoms with Crippen molar-refractivity contribution in [3.8, 4) is 5.75 Å². The van der Waals surface area contributed by atoms with E-state index in [0.29, 0.717) is 30.4 Å². The number of nitrogens with one attached hydrogen (secondary N) is 1. The van der Waals surface area contributed by atoms with Crippen LogP contribution in [0.3, 0.4) is 0 Å². The van der Waals surface area contributed by atoms with Gasteiger partial charge in [-0.15, -0.1) is 0 Å². The molecule has 11 heteroatoms. The van der Waals surface area contributed by atoms with E-state index in [2.05, 4.69) is 15.2 Å². The number of alkyl halides is 3. The monoisotopic (exact) mass is 418 g/mol. The Bertz CT molecular complexity index is 928. The van der Waals surface area contributed by atoms with Gasteiger partial charge in [-0.1, -0.05) is 11.6 Å². The molecule has 2 rings (SSSR count). The van der Waals surface area contributed by atoms with Gasteiger partial charge < -0.3 is 9.64 Å². The van der Waals surface area contributed by atoms with Crippen molar-refractivity contribution >= 4 is 23.5 Å². The van der Waals surface area contributed by atoms with E-state index in [4.69, 9.17) is 16.3 Å². The second kappa shape index (κ2) is 9.36. The smallest absolute Gasteiger partial charge is 0.419 e. The number of nitrogens with zero attached hydrogens (tertiary/aromatic N) is 3. The predicted molar refractivity (Wildman–Crippen MR) is 97.4 cm³/mol. The Labute approximate surface area is 162 Å². The van der Waals surface area contributed by atoms with Crippen LogP contribution >= 0.6 is 11.6 Å². The third-order valence-electron chi connectivity index (χ3n) is 3.50. The summed E-state index contributed by atoms with van der Waals surface area (Å²) in [6, 6.07) is 1.93. The van der Waals surface area contributed by atoms with Crippen molar-refractivity contribution in [3.05, 3.63) is 63.6 Å². The molecule has 0 aliphatic heterocycles. The van der Waals surface area contributed by atoms with Gasteiger partial charge in [-0.25, -0.2) is 9.49 Å². The van der Waals surface area contributed by atoms with Crippen molar-refractivity contribution in [1.29, 1.82) is 0 Å². The summed E-state index contributed by atoms with van der Waals surface area (Å²) in [5.74, 6) is -1.53. The summed E-state index contributed by atoms with van der Waals surface area (Å²) in [7, 11) is 0. The number of ether oxygens (including phenoxy) is 1. The molecule has 1 aromatic carbocycles. The fourth-order valence-corrected chi connectivity index (χ4v) is 2.38. The number of hydrogen-bond donors (Lipinski definition) is 1. The maximum atomic E-state index is 13.2. The summed E-state index contributed by atoms with van der Waals surface area (Å²) < 4.78 is 56.6. The lowest BCUT2D eigenvalue weighted by atomic mass is 10.2. The zero-order chi connectivity index (χ0) is 20.7. The van der Waals surface area contributed by atoms with E-state index < -0.39 is 28.9 Å². The van der Waals surface area contributed by atoms with Crippen molar-refractivity contribution in [3.63, 3.8) is 0 Å². The van der Waals surface area contributed by atoms with Crippen molar-refractivity contribution in [2.75, 3.05) is 18.0 Å². The fourth-order valence-electron chi connectivity index (χ4n) is 2.17. The van der Waals surface area contributed by atoms with E-state index in [9.17, 15) is 22.4 Å². The van der Waals surface area contributed by atoms with Crippen LogP contribution in [0.25, 0.3) is 0 Å². The van der Waals surface area contributed by atoms with Crippen LogP contribution < -0.4 is 15.2 Å². The number of aliphatic imine (C=N–C) groups is 1. The number of anilines is 1. The third kappa shape index (κ3) is 5.56. The van der Waals surface area contributed by atoms with Crippen LogP contribution in [0, 0.1) is 5.82 Å². The first-order valence-electron chi connectivity index (χ1n) is 7.92. The Morgan fingerprint density at radius 2 is 2.14 bits per heavy atom. The summed E-state index contributed by atoms with van der Waals surface area (Å²) in [6.45, 7) is 2.57. The molecule has 0 atom stereocenters. The Morgan fingerprint density at radius 1 is 1.39 bits per heavy atom. The Balaban J connectivity index is 2.01. The molecule has 1 N–H and O–H groups in total. The van der Waals surface area contributed by atoms with Crippen LogP contribution in [0.5, 0.6) is 5.75 Å². The van der Waals surface area contributed by atoms with E-state index in [1.165, 1.54) is 12.4 Å². The van der Waals surface area contributed by atoms with Crippen molar-refractivity contribution in [2.45, 2.75) is 13.1 Å². The molecule has 6 nitrogen and oxygen atoms in total. The molecular weight excluding hydrogens is 404 g/mol. The van der Waals surface area contributed by atoms with Crippen molar-refractivity contribution < 1.29 is 22.3 Å². The third-order valence-corrected chi connectivity index (χ3v) is 3.86. The average molecular weight is 419 g/mol. The molecule has 150 valence electrons. The number of hydrogen-bond acceptors (Lipinski definition) is 5. The van der Waals surface area contributed by atoms with Gasteiger partial charge in [0.1, 0.15) is 22.9 Å². The summed E-state index contributed by atoms with van der Waals surface area (Å²) >= 11 is 5.94. The second-order valence-electron chi connectivity index (χ2n) is 5.31. The van der Waals surface area contributed by atoms with Gasteiger partial charge in [-0.2, -0.15) is 18.3 Å². The SMILES string of the molecule is CCN(CC=N/C=C/Oc1cc(F)ccc1C(F)(F)F)c1cn[nH]c(=O)c1Cl. The molecule has 0 bridgehead atoms. The largest absolute Gasteiger partial charge is 0.463 e. The molecule has 0 aliphatic carbocycles. The molecule has 0 radical (unpaired) electrons. The zero-order valence-electron chi connectivity index (χ0n) is 14.5. The van der Waals surface area contributed by atoms with Crippen LogP contribution in [-0.2, 0) is 6.18 Å². The minimum absolute atomic E-state index is 0.0186. The highest BCUT2D eigenvalue weighted by Gasteiger charge is 2.34. The average Bonchev–Trinajstić information content (AvgIpc) is 2.63. The number of aromatic amines is 1. The number of rotatable bonds is 7. The van der Waals surface area contributed by atoms with Crippen LogP contribution in [0.1, 0.15) is 12.5 Å². The van der Waals surface area contributed by atoms with Gasteiger partial charge >= 0.3 is 6.18 Å². The Hall–Kier alpha value is -2.88. The number of aromatic nitrogens is 2. The molecule has 2 aromatic rings. The highest BCUT2D eigenvalue weighted by molar-refractivity contribution is 6.33. The topological polar surface area (TPSA) is 70.6 Å². The Morgan fingerprint density at radius 3 is 2.82 bits per heavy atom. The summed E-state index contributed by atoms with van der Waals surface area (Å²) in [5, 5.41) is 5.86. The highest BCUT2D eigenvalue weighted by atomic mass is 35.5. The van der Waals surface area contributed by atoms with Crippen molar-refractivity contribution in [2.24, 2.45) is 4.99 Å². The molecule has 28 heavy (non-hydrogen) atoms.